The van der Waals surface area contributed by atoms with Gasteiger partial charge in [-0.2, -0.15) is 0 Å². The molecule has 5 heteroatoms. The highest BCUT2D eigenvalue weighted by atomic mass is 16.5. The summed E-state index contributed by atoms with van der Waals surface area (Å²) in [7, 11) is 0. The molecule has 0 radical (unpaired) electrons. The monoisotopic (exact) mass is 276 g/mol. The second-order valence-electron chi connectivity index (χ2n) is 5.45. The van der Waals surface area contributed by atoms with Crippen LogP contribution in [0, 0.1) is 5.92 Å². The molecule has 3 rings (SSSR count). The van der Waals surface area contributed by atoms with Gasteiger partial charge in [0.05, 0.1) is 18.2 Å². The van der Waals surface area contributed by atoms with Gasteiger partial charge < -0.3 is 14.5 Å². The summed E-state index contributed by atoms with van der Waals surface area (Å²) in [5.74, 6) is 0.0445. The molecule has 0 bridgehead atoms. The van der Waals surface area contributed by atoms with Crippen LogP contribution in [0.5, 0.6) is 0 Å². The van der Waals surface area contributed by atoms with Crippen molar-refractivity contribution in [3.05, 3.63) is 34.3 Å². The van der Waals surface area contributed by atoms with Gasteiger partial charge in [-0.05, 0) is 37.6 Å². The van der Waals surface area contributed by atoms with Gasteiger partial charge in [-0.1, -0.05) is 13.0 Å². The normalized spacial score (nSPS) is 24.3. The Hall–Kier alpha value is -1.59. The highest BCUT2D eigenvalue weighted by molar-refractivity contribution is 5.72. The summed E-state index contributed by atoms with van der Waals surface area (Å²) in [5, 5.41) is 3.52. The van der Waals surface area contributed by atoms with E-state index in [1.165, 1.54) is 0 Å². The lowest BCUT2D eigenvalue weighted by Crippen LogP contribution is -2.28. The Morgan fingerprint density at radius 1 is 1.50 bits per heavy atom. The van der Waals surface area contributed by atoms with Crippen LogP contribution in [0.25, 0.3) is 11.1 Å². The number of aromatic amines is 1. The van der Waals surface area contributed by atoms with E-state index in [2.05, 4.69) is 24.1 Å². The molecule has 1 saturated heterocycles. The highest BCUT2D eigenvalue weighted by Gasteiger charge is 2.30. The van der Waals surface area contributed by atoms with Crippen LogP contribution in [-0.4, -0.2) is 24.2 Å². The summed E-state index contributed by atoms with van der Waals surface area (Å²) in [5.41, 5.74) is 2.50. The Balaban J connectivity index is 1.93. The number of benzene rings is 1. The number of fused-ring (bicyclic) bond motifs is 1. The summed E-state index contributed by atoms with van der Waals surface area (Å²) in [6, 6.07) is 6.13. The molecule has 3 atom stereocenters. The lowest BCUT2D eigenvalue weighted by atomic mass is 9.91. The van der Waals surface area contributed by atoms with E-state index in [9.17, 15) is 4.79 Å². The van der Waals surface area contributed by atoms with E-state index in [-0.39, 0.29) is 6.04 Å². The Bertz CT molecular complexity index is 646. The van der Waals surface area contributed by atoms with Crippen molar-refractivity contribution in [2.75, 3.05) is 13.2 Å². The van der Waals surface area contributed by atoms with Crippen molar-refractivity contribution >= 4 is 11.1 Å². The van der Waals surface area contributed by atoms with Crippen LogP contribution in [0.1, 0.15) is 31.9 Å². The molecule has 2 aromatic rings. The van der Waals surface area contributed by atoms with E-state index in [1.807, 2.05) is 18.2 Å². The largest absolute Gasteiger partial charge is 0.417 e. The van der Waals surface area contributed by atoms with Crippen molar-refractivity contribution in [2.24, 2.45) is 5.92 Å². The fourth-order valence-electron chi connectivity index (χ4n) is 3.01. The van der Waals surface area contributed by atoms with E-state index >= 15 is 0 Å². The van der Waals surface area contributed by atoms with Crippen molar-refractivity contribution in [2.45, 2.75) is 32.4 Å². The van der Waals surface area contributed by atoms with Gasteiger partial charge in [0.1, 0.15) is 0 Å². The molecular formula is C15H20N2O3. The average molecular weight is 276 g/mol. The topological polar surface area (TPSA) is 67.3 Å². The van der Waals surface area contributed by atoms with E-state index in [1.54, 1.807) is 0 Å². The van der Waals surface area contributed by atoms with E-state index in [0.717, 1.165) is 30.7 Å². The molecule has 0 saturated carbocycles. The lowest BCUT2D eigenvalue weighted by molar-refractivity contribution is 0.117. The van der Waals surface area contributed by atoms with E-state index < -0.39 is 5.76 Å². The standard InChI is InChI=1S/C15H20N2O3/c1-3-16-14(11-6-9(2)19-8-11)10-4-5-12-13(7-10)20-15(18)17-12/h4-5,7,9,11,14,16H,3,6,8H2,1-2H3,(H,17,18). The minimum atomic E-state index is -0.407. The third kappa shape index (κ3) is 2.51. The van der Waals surface area contributed by atoms with Crippen LogP contribution in [0.15, 0.2) is 27.4 Å². The van der Waals surface area contributed by atoms with Gasteiger partial charge >= 0.3 is 5.76 Å². The number of H-pyrrole nitrogens is 1. The molecule has 5 nitrogen and oxygen atoms in total. The highest BCUT2D eigenvalue weighted by Crippen LogP contribution is 2.32. The van der Waals surface area contributed by atoms with Crippen LogP contribution in [0.4, 0.5) is 0 Å². The maximum absolute atomic E-state index is 11.2. The summed E-state index contributed by atoms with van der Waals surface area (Å²) < 4.78 is 10.8. The van der Waals surface area contributed by atoms with Crippen molar-refractivity contribution < 1.29 is 9.15 Å². The molecule has 2 heterocycles. The van der Waals surface area contributed by atoms with Gasteiger partial charge in [-0.15, -0.1) is 0 Å². The second-order valence-corrected chi connectivity index (χ2v) is 5.45. The molecule has 1 fully saturated rings. The van der Waals surface area contributed by atoms with Crippen LogP contribution in [0.3, 0.4) is 0 Å². The minimum Gasteiger partial charge on any atom is -0.408 e. The predicted octanol–water partition coefficient (Wildman–Crippen LogP) is 2.20. The van der Waals surface area contributed by atoms with Gasteiger partial charge in [0.25, 0.3) is 0 Å². The summed E-state index contributed by atoms with van der Waals surface area (Å²) in [6.45, 7) is 5.87. The van der Waals surface area contributed by atoms with Crippen LogP contribution < -0.4 is 11.1 Å². The van der Waals surface area contributed by atoms with Crippen molar-refractivity contribution in [3.63, 3.8) is 0 Å². The zero-order valence-corrected chi connectivity index (χ0v) is 11.8. The summed E-state index contributed by atoms with van der Waals surface area (Å²) >= 11 is 0. The summed E-state index contributed by atoms with van der Waals surface area (Å²) in [6.07, 6.45) is 1.36. The Morgan fingerprint density at radius 2 is 2.35 bits per heavy atom. The van der Waals surface area contributed by atoms with Crippen LogP contribution >= 0.6 is 0 Å². The second kappa shape index (κ2) is 5.42. The fraction of sp³-hybridized carbons (Fsp3) is 0.533. The Kier molecular flexibility index (Phi) is 3.63. The third-order valence-corrected chi connectivity index (χ3v) is 3.93. The van der Waals surface area contributed by atoms with E-state index in [4.69, 9.17) is 9.15 Å². The molecule has 0 amide bonds. The molecule has 20 heavy (non-hydrogen) atoms. The fourth-order valence-corrected chi connectivity index (χ4v) is 3.01. The van der Waals surface area contributed by atoms with Crippen molar-refractivity contribution in [1.82, 2.24) is 10.3 Å². The average Bonchev–Trinajstić information content (AvgIpc) is 3.00. The molecule has 1 aliphatic heterocycles. The zero-order valence-electron chi connectivity index (χ0n) is 11.8. The molecule has 2 N–H and O–H groups in total. The number of nitrogens with one attached hydrogen (secondary N) is 2. The molecule has 108 valence electrons. The van der Waals surface area contributed by atoms with Crippen molar-refractivity contribution in [3.8, 4) is 0 Å². The Morgan fingerprint density at radius 3 is 3.05 bits per heavy atom. The van der Waals surface area contributed by atoms with Crippen LogP contribution in [-0.2, 0) is 4.74 Å². The molecule has 1 aromatic heterocycles. The number of aromatic nitrogens is 1. The molecule has 1 aliphatic rings. The number of hydrogen-bond acceptors (Lipinski definition) is 4. The zero-order chi connectivity index (χ0) is 14.1. The van der Waals surface area contributed by atoms with Gasteiger partial charge in [0.15, 0.2) is 5.58 Å². The van der Waals surface area contributed by atoms with Gasteiger partial charge in [0.2, 0.25) is 0 Å². The SMILES string of the molecule is CCNC(c1ccc2[nH]c(=O)oc2c1)C1COC(C)C1. The first kappa shape index (κ1) is 13.4. The molecule has 0 spiro atoms. The maximum atomic E-state index is 11.2. The van der Waals surface area contributed by atoms with Gasteiger partial charge in [-0.25, -0.2) is 4.79 Å². The smallest absolute Gasteiger partial charge is 0.408 e. The molecule has 0 aliphatic carbocycles. The maximum Gasteiger partial charge on any atom is 0.417 e. The van der Waals surface area contributed by atoms with E-state index in [0.29, 0.717) is 17.6 Å². The summed E-state index contributed by atoms with van der Waals surface area (Å²) in [4.78, 5) is 13.9. The van der Waals surface area contributed by atoms with Crippen LogP contribution in [0.2, 0.25) is 0 Å². The first-order valence-electron chi connectivity index (χ1n) is 7.15. The third-order valence-electron chi connectivity index (χ3n) is 3.93. The van der Waals surface area contributed by atoms with Crippen molar-refractivity contribution in [1.29, 1.82) is 0 Å². The first-order chi connectivity index (χ1) is 9.67. The molecule has 1 aromatic carbocycles. The molecular weight excluding hydrogens is 256 g/mol. The van der Waals surface area contributed by atoms with Gasteiger partial charge in [0, 0.05) is 12.0 Å². The quantitative estimate of drug-likeness (QED) is 0.898. The lowest BCUT2D eigenvalue weighted by Gasteiger charge is -2.23. The number of rotatable bonds is 4. The minimum absolute atomic E-state index is 0.231. The predicted molar refractivity (Wildman–Crippen MR) is 76.8 cm³/mol. The first-order valence-corrected chi connectivity index (χ1v) is 7.15. The Labute approximate surface area is 117 Å². The number of ether oxygens (including phenoxy) is 1. The number of hydrogen-bond donors (Lipinski definition) is 2. The molecule has 3 unspecified atom stereocenters. The van der Waals surface area contributed by atoms with Gasteiger partial charge in [-0.3, -0.25) is 4.98 Å². The number of oxazole rings is 1.